The smallest absolute Gasteiger partial charge is 0.191 e. The lowest BCUT2D eigenvalue weighted by atomic mass is 10.3. The maximum atomic E-state index is 6.01. The van der Waals surface area contributed by atoms with Crippen LogP contribution in [0.4, 0.5) is 0 Å². The molecule has 1 aliphatic rings. The minimum atomic E-state index is 0.538. The number of morpholine rings is 1. The van der Waals surface area contributed by atoms with Gasteiger partial charge >= 0.3 is 0 Å². The van der Waals surface area contributed by atoms with Gasteiger partial charge in [-0.15, -0.1) is 0 Å². The molecule has 0 bridgehead atoms. The van der Waals surface area contributed by atoms with Gasteiger partial charge in [-0.25, -0.2) is 9.67 Å². The van der Waals surface area contributed by atoms with Crippen molar-refractivity contribution in [2.45, 2.75) is 6.54 Å². The summed E-state index contributed by atoms with van der Waals surface area (Å²) in [5.41, 5.74) is 8.08. The highest BCUT2D eigenvalue weighted by molar-refractivity contribution is 5.78. The van der Waals surface area contributed by atoms with Crippen LogP contribution in [0.5, 0.6) is 0 Å². The van der Waals surface area contributed by atoms with E-state index in [2.05, 4.69) is 10.1 Å². The molecule has 110 valence electrons. The average molecular weight is 285 g/mol. The average Bonchev–Trinajstić information content (AvgIpc) is 3.03. The van der Waals surface area contributed by atoms with E-state index in [9.17, 15) is 0 Å². The molecule has 1 saturated heterocycles. The second-order valence-corrected chi connectivity index (χ2v) is 4.90. The predicted octanol–water partition coefficient (Wildman–Crippen LogP) is 1.02. The molecule has 0 spiro atoms. The summed E-state index contributed by atoms with van der Waals surface area (Å²) in [5, 5.41) is 4.35. The number of ether oxygens (including phenoxy) is 1. The fourth-order valence-electron chi connectivity index (χ4n) is 2.23. The minimum Gasteiger partial charge on any atom is -0.378 e. The van der Waals surface area contributed by atoms with Crippen molar-refractivity contribution >= 4 is 5.96 Å². The van der Waals surface area contributed by atoms with E-state index >= 15 is 0 Å². The van der Waals surface area contributed by atoms with Gasteiger partial charge in [0.05, 0.1) is 31.6 Å². The molecule has 1 fully saturated rings. The Bertz CT molecular complexity index is 602. The van der Waals surface area contributed by atoms with Gasteiger partial charge in [0.15, 0.2) is 5.96 Å². The zero-order valence-corrected chi connectivity index (χ0v) is 11.9. The van der Waals surface area contributed by atoms with Crippen LogP contribution in [0.1, 0.15) is 5.56 Å². The number of hydrogen-bond donors (Lipinski definition) is 1. The van der Waals surface area contributed by atoms with Crippen LogP contribution in [0.15, 0.2) is 47.7 Å². The van der Waals surface area contributed by atoms with E-state index in [-0.39, 0.29) is 0 Å². The van der Waals surface area contributed by atoms with Crippen LogP contribution in [0.25, 0.3) is 5.69 Å². The molecule has 3 rings (SSSR count). The van der Waals surface area contributed by atoms with Crippen LogP contribution in [0.3, 0.4) is 0 Å². The molecular weight excluding hydrogens is 266 g/mol. The molecule has 1 aromatic heterocycles. The Kier molecular flexibility index (Phi) is 4.16. The molecule has 21 heavy (non-hydrogen) atoms. The van der Waals surface area contributed by atoms with Crippen molar-refractivity contribution < 1.29 is 4.74 Å². The largest absolute Gasteiger partial charge is 0.378 e. The summed E-state index contributed by atoms with van der Waals surface area (Å²) in [6, 6.07) is 10.0. The van der Waals surface area contributed by atoms with E-state index in [1.54, 1.807) is 0 Å². The summed E-state index contributed by atoms with van der Waals surface area (Å²) in [6.45, 7) is 3.57. The lowest BCUT2D eigenvalue weighted by Gasteiger charge is -2.27. The van der Waals surface area contributed by atoms with Crippen molar-refractivity contribution in [2.75, 3.05) is 26.3 Å². The minimum absolute atomic E-state index is 0.538. The number of hydrogen-bond acceptors (Lipinski definition) is 3. The summed E-state index contributed by atoms with van der Waals surface area (Å²) in [7, 11) is 0. The molecule has 2 aromatic rings. The molecule has 1 aromatic carbocycles. The topological polar surface area (TPSA) is 68.7 Å². The Morgan fingerprint density at radius 1 is 1.24 bits per heavy atom. The third-order valence-electron chi connectivity index (χ3n) is 3.42. The number of nitrogens with two attached hydrogens (primary N) is 1. The summed E-state index contributed by atoms with van der Waals surface area (Å²) in [6.07, 6.45) is 3.80. The summed E-state index contributed by atoms with van der Waals surface area (Å²) in [5.74, 6) is 0.575. The third kappa shape index (κ3) is 3.41. The number of benzene rings is 1. The molecular formula is C15H19N5O. The number of nitrogens with zero attached hydrogens (tertiary/aromatic N) is 4. The van der Waals surface area contributed by atoms with Crippen molar-refractivity contribution in [3.05, 3.63) is 48.3 Å². The highest BCUT2D eigenvalue weighted by atomic mass is 16.5. The Morgan fingerprint density at radius 3 is 2.76 bits per heavy atom. The van der Waals surface area contributed by atoms with Gasteiger partial charge in [0, 0.05) is 24.8 Å². The zero-order valence-electron chi connectivity index (χ0n) is 11.9. The molecule has 2 N–H and O–H groups in total. The van der Waals surface area contributed by atoms with Crippen LogP contribution in [0.2, 0.25) is 0 Å². The second-order valence-electron chi connectivity index (χ2n) is 4.90. The normalized spacial score (nSPS) is 16.2. The van der Waals surface area contributed by atoms with Gasteiger partial charge in [-0.2, -0.15) is 5.10 Å². The first-order chi connectivity index (χ1) is 10.3. The Hall–Kier alpha value is -2.34. The van der Waals surface area contributed by atoms with Gasteiger partial charge in [0.1, 0.15) is 0 Å². The van der Waals surface area contributed by atoms with E-state index in [4.69, 9.17) is 10.5 Å². The Morgan fingerprint density at radius 2 is 2.00 bits per heavy atom. The molecule has 0 amide bonds. The molecule has 0 saturated carbocycles. The molecule has 0 atom stereocenters. The number of aromatic nitrogens is 2. The van der Waals surface area contributed by atoms with E-state index in [1.165, 1.54) is 0 Å². The first-order valence-electron chi connectivity index (χ1n) is 7.04. The quantitative estimate of drug-likeness (QED) is 0.675. The third-order valence-corrected chi connectivity index (χ3v) is 3.42. The van der Waals surface area contributed by atoms with Gasteiger partial charge < -0.3 is 15.4 Å². The van der Waals surface area contributed by atoms with E-state index in [0.717, 1.165) is 24.3 Å². The monoisotopic (exact) mass is 285 g/mol. The fourth-order valence-corrected chi connectivity index (χ4v) is 2.23. The van der Waals surface area contributed by atoms with Crippen molar-refractivity contribution in [3.63, 3.8) is 0 Å². The molecule has 6 heteroatoms. The predicted molar refractivity (Wildman–Crippen MR) is 81.3 cm³/mol. The highest BCUT2D eigenvalue weighted by Crippen LogP contribution is 2.08. The zero-order chi connectivity index (χ0) is 14.5. The van der Waals surface area contributed by atoms with Crippen LogP contribution < -0.4 is 5.73 Å². The lowest BCUT2D eigenvalue weighted by Crippen LogP contribution is -2.44. The van der Waals surface area contributed by atoms with Crippen LogP contribution in [0, 0.1) is 0 Å². The van der Waals surface area contributed by atoms with Gasteiger partial charge in [0.25, 0.3) is 0 Å². The van der Waals surface area contributed by atoms with Gasteiger partial charge in [-0.05, 0) is 12.1 Å². The number of rotatable bonds is 3. The molecule has 1 aliphatic heterocycles. The van der Waals surface area contributed by atoms with Gasteiger partial charge in [0.2, 0.25) is 0 Å². The Labute approximate surface area is 123 Å². The van der Waals surface area contributed by atoms with E-state index < -0.39 is 0 Å². The van der Waals surface area contributed by atoms with Crippen molar-refractivity contribution in [1.82, 2.24) is 14.7 Å². The summed E-state index contributed by atoms with van der Waals surface area (Å²) < 4.78 is 7.14. The molecule has 6 nitrogen and oxygen atoms in total. The van der Waals surface area contributed by atoms with E-state index in [1.807, 2.05) is 52.3 Å². The van der Waals surface area contributed by atoms with Gasteiger partial charge in [-0.3, -0.25) is 0 Å². The molecule has 0 unspecified atom stereocenters. The van der Waals surface area contributed by atoms with Crippen molar-refractivity contribution in [3.8, 4) is 5.69 Å². The maximum Gasteiger partial charge on any atom is 0.191 e. The van der Waals surface area contributed by atoms with Gasteiger partial charge in [-0.1, -0.05) is 18.2 Å². The fraction of sp³-hybridized carbons (Fsp3) is 0.333. The van der Waals surface area contributed by atoms with E-state index in [0.29, 0.717) is 25.7 Å². The number of aliphatic imine (C=N–C) groups is 1. The standard InChI is InChI=1S/C15H19N5O/c16-15(19-6-8-21-9-7-19)17-10-13-11-18-20(12-13)14-4-2-1-3-5-14/h1-5,11-12H,6-10H2,(H2,16,17). The maximum absolute atomic E-state index is 6.01. The number of guanidine groups is 1. The molecule has 2 heterocycles. The first-order valence-corrected chi connectivity index (χ1v) is 7.04. The van der Waals surface area contributed by atoms with Crippen molar-refractivity contribution in [1.29, 1.82) is 0 Å². The van der Waals surface area contributed by atoms with Crippen LogP contribution in [-0.4, -0.2) is 46.9 Å². The first kappa shape index (κ1) is 13.6. The molecule has 0 radical (unpaired) electrons. The number of para-hydroxylation sites is 1. The van der Waals surface area contributed by atoms with Crippen molar-refractivity contribution in [2.24, 2.45) is 10.7 Å². The summed E-state index contributed by atoms with van der Waals surface area (Å²) in [4.78, 5) is 6.48. The van der Waals surface area contributed by atoms with Crippen LogP contribution >= 0.6 is 0 Å². The summed E-state index contributed by atoms with van der Waals surface area (Å²) >= 11 is 0. The second kappa shape index (κ2) is 6.41. The SMILES string of the molecule is NC(=NCc1cnn(-c2ccccc2)c1)N1CCOCC1. The Balaban J connectivity index is 1.64. The highest BCUT2D eigenvalue weighted by Gasteiger charge is 2.12. The van der Waals surface area contributed by atoms with Crippen LogP contribution in [-0.2, 0) is 11.3 Å². The lowest BCUT2D eigenvalue weighted by molar-refractivity contribution is 0.0674. The molecule has 0 aliphatic carbocycles.